The topological polar surface area (TPSA) is 215 Å². The van der Waals surface area contributed by atoms with Gasteiger partial charge in [0, 0.05) is 37.5 Å². The number of nitrogens with zero attached hydrogens (tertiary/aromatic N) is 1. The van der Waals surface area contributed by atoms with Gasteiger partial charge in [-0.2, -0.15) is 0 Å². The lowest BCUT2D eigenvalue weighted by Crippen LogP contribution is -2.62. The number of hydrogen-bond acceptors (Lipinski definition) is 15. The molecule has 3 rings (SSSR count). The van der Waals surface area contributed by atoms with Crippen molar-refractivity contribution >= 4 is 5.97 Å². The quantitative estimate of drug-likeness (QED) is 0.105. The molecule has 3 aliphatic rings. The van der Waals surface area contributed by atoms with Crippen LogP contribution in [0.4, 0.5) is 0 Å². The van der Waals surface area contributed by atoms with Gasteiger partial charge in [0.1, 0.15) is 23.9 Å². The van der Waals surface area contributed by atoms with Gasteiger partial charge in [0.25, 0.3) is 0 Å². The molecule has 15 heteroatoms. The number of aliphatic hydroxyl groups excluding tert-OH is 3. The van der Waals surface area contributed by atoms with E-state index in [4.69, 9.17) is 34.3 Å². The molecule has 2 unspecified atom stereocenters. The van der Waals surface area contributed by atoms with Crippen molar-refractivity contribution in [3.8, 4) is 0 Å². The maximum atomic E-state index is 14.2. The highest BCUT2D eigenvalue weighted by Crippen LogP contribution is 2.41. The van der Waals surface area contributed by atoms with Crippen molar-refractivity contribution in [3.05, 3.63) is 0 Å². The second-order valence-electron chi connectivity index (χ2n) is 16.9. The zero-order valence-electron chi connectivity index (χ0n) is 33.7. The maximum Gasteiger partial charge on any atom is 0.311 e. The number of carbonyl (C=O) groups excluding carboxylic acids is 1. The molecule has 3 fully saturated rings. The molecule has 3 heterocycles. The predicted molar refractivity (Wildman–Crippen MR) is 192 cm³/mol. The molecule has 0 spiro atoms. The van der Waals surface area contributed by atoms with Crippen LogP contribution in [0.15, 0.2) is 0 Å². The van der Waals surface area contributed by atoms with Crippen LogP contribution in [0.1, 0.15) is 94.9 Å². The number of carbonyl (C=O) groups is 1. The summed E-state index contributed by atoms with van der Waals surface area (Å²) in [6.45, 7) is 17.2. The SMILES string of the molecule is CCC1OC(=O)[C@H](C)C(O[C@H]2C[C@@](C)(OC)[C@@H](O)[C@H](C)O2)[C@H](C)[C@@H](O[C@@H]2O[C@H](C)C[C@H](N(C)C)[C@H]2O)[C@](C)(O)C[C@@H](C)[C@H](NN)[C@H](C)[C@@H](O)[C@]1(C)O. The molecule has 15 nitrogen and oxygen atoms in total. The first-order valence-electron chi connectivity index (χ1n) is 19.0. The van der Waals surface area contributed by atoms with Crippen LogP contribution in [-0.2, 0) is 33.2 Å². The minimum absolute atomic E-state index is 0.0825. The molecule has 19 atom stereocenters. The Morgan fingerprint density at radius 2 is 1.56 bits per heavy atom. The van der Waals surface area contributed by atoms with Crippen molar-refractivity contribution in [3.63, 3.8) is 0 Å². The van der Waals surface area contributed by atoms with Crippen LogP contribution in [0.2, 0.25) is 0 Å². The Morgan fingerprint density at radius 3 is 2.10 bits per heavy atom. The number of aliphatic hydroxyl groups is 5. The van der Waals surface area contributed by atoms with Crippen LogP contribution in [-0.4, -0.2) is 148 Å². The number of likely N-dealkylation sites (N-methyl/N-ethyl adjacent to an activating group) is 1. The van der Waals surface area contributed by atoms with Gasteiger partial charge in [0.05, 0.1) is 47.6 Å². The molecule has 0 amide bonds. The number of cyclic esters (lactones) is 1. The number of nitrogens with one attached hydrogen (secondary N) is 1. The summed E-state index contributed by atoms with van der Waals surface area (Å²) in [7, 11) is 5.24. The summed E-state index contributed by atoms with van der Waals surface area (Å²) in [5.74, 6) is 2.48. The van der Waals surface area contributed by atoms with E-state index in [9.17, 15) is 30.3 Å². The molecule has 0 aromatic rings. The Balaban J connectivity index is 2.20. The summed E-state index contributed by atoms with van der Waals surface area (Å²) < 4.78 is 37.4. The molecule has 3 aliphatic heterocycles. The van der Waals surface area contributed by atoms with Gasteiger partial charge >= 0.3 is 5.97 Å². The molecule has 0 aromatic heterocycles. The van der Waals surface area contributed by atoms with E-state index in [2.05, 4.69) is 5.43 Å². The first-order valence-corrected chi connectivity index (χ1v) is 19.0. The number of ether oxygens (including phenoxy) is 6. The van der Waals surface area contributed by atoms with E-state index in [1.165, 1.54) is 14.0 Å². The van der Waals surface area contributed by atoms with E-state index >= 15 is 0 Å². The first kappa shape index (κ1) is 45.3. The van der Waals surface area contributed by atoms with Crippen LogP contribution in [0.5, 0.6) is 0 Å². The average molecular weight is 750 g/mol. The predicted octanol–water partition coefficient (Wildman–Crippen LogP) is 1.05. The fourth-order valence-corrected chi connectivity index (χ4v) is 8.92. The monoisotopic (exact) mass is 750 g/mol. The summed E-state index contributed by atoms with van der Waals surface area (Å²) in [4.78, 5) is 16.1. The smallest absolute Gasteiger partial charge is 0.311 e. The Hall–Kier alpha value is -1.05. The van der Waals surface area contributed by atoms with Crippen molar-refractivity contribution in [1.29, 1.82) is 0 Å². The van der Waals surface area contributed by atoms with Crippen molar-refractivity contribution in [2.45, 2.75) is 185 Å². The van der Waals surface area contributed by atoms with Gasteiger partial charge in [-0.1, -0.05) is 27.7 Å². The van der Waals surface area contributed by atoms with Crippen LogP contribution < -0.4 is 11.3 Å². The Bertz CT molecular complexity index is 1150. The third kappa shape index (κ3) is 9.66. The third-order valence-corrected chi connectivity index (χ3v) is 12.3. The number of hydrogen-bond donors (Lipinski definition) is 7. The van der Waals surface area contributed by atoms with Gasteiger partial charge < -0.3 is 58.9 Å². The van der Waals surface area contributed by atoms with Gasteiger partial charge in [-0.3, -0.25) is 16.1 Å². The zero-order chi connectivity index (χ0) is 39.7. The molecule has 0 radical (unpaired) electrons. The van der Waals surface area contributed by atoms with Crippen molar-refractivity contribution in [2.75, 3.05) is 21.2 Å². The van der Waals surface area contributed by atoms with Crippen LogP contribution >= 0.6 is 0 Å². The number of rotatable bonds is 8. The van der Waals surface area contributed by atoms with Crippen LogP contribution in [0, 0.1) is 23.7 Å². The molecule has 0 aromatic carbocycles. The lowest BCUT2D eigenvalue weighted by atomic mass is 9.72. The first-order chi connectivity index (χ1) is 24.0. The van der Waals surface area contributed by atoms with Crippen LogP contribution in [0.3, 0.4) is 0 Å². The van der Waals surface area contributed by atoms with Crippen molar-refractivity contribution in [2.24, 2.45) is 29.5 Å². The second-order valence-corrected chi connectivity index (χ2v) is 16.9. The summed E-state index contributed by atoms with van der Waals surface area (Å²) in [6, 6.07) is -0.912. The largest absolute Gasteiger partial charge is 0.459 e. The van der Waals surface area contributed by atoms with Crippen molar-refractivity contribution in [1.82, 2.24) is 10.3 Å². The fourth-order valence-electron chi connectivity index (χ4n) is 8.92. The lowest BCUT2D eigenvalue weighted by molar-refractivity contribution is -0.318. The minimum atomic E-state index is -1.87. The fraction of sp³-hybridized carbons (Fsp3) is 0.973. The van der Waals surface area contributed by atoms with E-state index < -0.39 is 108 Å². The average Bonchev–Trinajstić information content (AvgIpc) is 3.06. The molecule has 0 bridgehead atoms. The normalized spacial score (nSPS) is 50.4. The number of esters is 1. The number of hydrazine groups is 1. The van der Waals surface area contributed by atoms with Gasteiger partial charge in [0.2, 0.25) is 0 Å². The van der Waals surface area contributed by atoms with E-state index in [0.29, 0.717) is 6.42 Å². The van der Waals surface area contributed by atoms with Gasteiger partial charge in [-0.15, -0.1) is 0 Å². The van der Waals surface area contributed by atoms with Gasteiger partial charge in [0.15, 0.2) is 12.6 Å². The standard InChI is InChI=1S/C37H71N3O12/c1-14-25-37(10,46)30(42)20(4)27(39-38)18(2)16-35(8,45)32(52-34-28(41)24(40(11)12)15-19(3)48-34)21(5)29(22(6)33(44)50-25)51-26-17-36(9,47-13)31(43)23(7)49-26/h18-32,34,39,41-43,45-46H,14-17,38H2,1-13H3/t18-,19-,20+,21+,22-,23+,24+,25?,26+,27+,28-,29?,30-,31+,32-,34+,35-,36-,37-/m1/s1. The van der Waals surface area contributed by atoms with Gasteiger partial charge in [-0.25, -0.2) is 0 Å². The second kappa shape index (κ2) is 17.8. The molecular weight excluding hydrogens is 678 g/mol. The third-order valence-electron chi connectivity index (χ3n) is 12.3. The van der Waals surface area contributed by atoms with E-state index in [1.807, 2.05) is 32.8 Å². The molecular formula is C37H71N3O12. The van der Waals surface area contributed by atoms with E-state index in [-0.39, 0.29) is 31.4 Å². The molecule has 306 valence electrons. The molecule has 0 aliphatic carbocycles. The Kier molecular flexibility index (Phi) is 15.5. The maximum absolute atomic E-state index is 14.2. The van der Waals surface area contributed by atoms with Gasteiger partial charge in [-0.05, 0) is 80.8 Å². The summed E-state index contributed by atoms with van der Waals surface area (Å²) >= 11 is 0. The highest BCUT2D eigenvalue weighted by atomic mass is 16.7. The summed E-state index contributed by atoms with van der Waals surface area (Å²) in [6.07, 6.45) is -8.79. The molecule has 3 saturated heterocycles. The highest BCUT2D eigenvalue weighted by Gasteiger charge is 2.53. The molecule has 8 N–H and O–H groups in total. The summed E-state index contributed by atoms with van der Waals surface area (Å²) in [5.41, 5.74) is -1.79. The Morgan fingerprint density at radius 1 is 0.942 bits per heavy atom. The van der Waals surface area contributed by atoms with Crippen LogP contribution in [0.25, 0.3) is 0 Å². The lowest BCUT2D eigenvalue weighted by Gasteiger charge is -2.49. The Labute approximate surface area is 310 Å². The number of nitrogens with two attached hydrogens (primary N) is 1. The summed E-state index contributed by atoms with van der Waals surface area (Å²) in [5, 5.41) is 58.3. The molecule has 0 saturated carbocycles. The van der Waals surface area contributed by atoms with E-state index in [0.717, 1.165) is 0 Å². The highest BCUT2D eigenvalue weighted by molar-refractivity contribution is 5.73. The minimum Gasteiger partial charge on any atom is -0.459 e. The van der Waals surface area contributed by atoms with Crippen molar-refractivity contribution < 1.29 is 58.7 Å². The number of methoxy groups -OCH3 is 1. The molecule has 52 heavy (non-hydrogen) atoms. The zero-order valence-corrected chi connectivity index (χ0v) is 33.7. The van der Waals surface area contributed by atoms with E-state index in [1.54, 1.807) is 48.5 Å².